The molecule has 0 spiro atoms. The van der Waals surface area contributed by atoms with Crippen molar-refractivity contribution in [1.29, 1.82) is 0 Å². The van der Waals surface area contributed by atoms with E-state index in [4.69, 9.17) is 4.74 Å². The second kappa shape index (κ2) is 8.58. The number of hydrogen-bond acceptors (Lipinski definition) is 3. The van der Waals surface area contributed by atoms with E-state index < -0.39 is 0 Å². The minimum Gasteiger partial charge on any atom is -0.507 e. The molecule has 0 aliphatic rings. The molecule has 0 atom stereocenters. The Kier molecular flexibility index (Phi) is 7.03. The molecule has 0 saturated heterocycles. The summed E-state index contributed by atoms with van der Waals surface area (Å²) in [5.74, 6) is 0.389. The number of benzene rings is 2. The monoisotopic (exact) mass is 510 g/mol. The van der Waals surface area contributed by atoms with Gasteiger partial charge < -0.3 is 9.84 Å². The molecule has 0 aliphatic heterocycles. The molecule has 0 fully saturated rings. The van der Waals surface area contributed by atoms with Crippen molar-refractivity contribution in [2.45, 2.75) is 64.5 Å². The van der Waals surface area contributed by atoms with Gasteiger partial charge in [0.1, 0.15) is 11.5 Å². The molecule has 0 radical (unpaired) electrons. The number of esters is 1. The summed E-state index contributed by atoms with van der Waals surface area (Å²) < 4.78 is 5.78. The highest BCUT2D eigenvalue weighted by Gasteiger charge is 2.29. The molecule has 0 aromatic heterocycles. The van der Waals surface area contributed by atoms with E-state index in [1.165, 1.54) is 6.92 Å². The van der Waals surface area contributed by atoms with Crippen LogP contribution in [0, 0.1) is 20.8 Å². The van der Waals surface area contributed by atoms with Crippen molar-refractivity contribution in [3.63, 3.8) is 0 Å². The summed E-state index contributed by atoms with van der Waals surface area (Å²) in [6.07, 6.45) is 0. The zero-order valence-corrected chi connectivity index (χ0v) is 20.8. The average molecular weight is 512 g/mol. The molecule has 2 aromatic rings. The Bertz CT molecular complexity index is 925. The standard InChI is InChI=1S/C23H28Br2O3/c1-12-8-16(10-24)13(2)19(21(12)27)20-14(3)17(11-25)9-18(23(5,6)7)22(20)28-15(4)26/h8-9,27H,10-11H2,1-7H3. The van der Waals surface area contributed by atoms with Gasteiger partial charge in [0.15, 0.2) is 0 Å². The van der Waals surface area contributed by atoms with Gasteiger partial charge in [0, 0.05) is 34.3 Å². The van der Waals surface area contributed by atoms with Crippen LogP contribution in [0.15, 0.2) is 12.1 Å². The molecule has 0 aliphatic carbocycles. The Balaban J connectivity index is 3.10. The van der Waals surface area contributed by atoms with Gasteiger partial charge in [-0.15, -0.1) is 0 Å². The second-order valence-electron chi connectivity index (χ2n) is 8.22. The fourth-order valence-corrected chi connectivity index (χ4v) is 4.64. The third-order valence-electron chi connectivity index (χ3n) is 5.10. The third-order valence-corrected chi connectivity index (χ3v) is 6.30. The van der Waals surface area contributed by atoms with Gasteiger partial charge in [-0.05, 0) is 54.0 Å². The summed E-state index contributed by atoms with van der Waals surface area (Å²) in [5.41, 5.74) is 7.19. The van der Waals surface area contributed by atoms with Gasteiger partial charge in [0.05, 0.1) is 0 Å². The zero-order chi connectivity index (χ0) is 21.4. The van der Waals surface area contributed by atoms with Crippen LogP contribution in [0.4, 0.5) is 0 Å². The summed E-state index contributed by atoms with van der Waals surface area (Å²) in [5, 5.41) is 12.4. The lowest BCUT2D eigenvalue weighted by atomic mass is 9.80. The number of phenols is 1. The summed E-state index contributed by atoms with van der Waals surface area (Å²) in [7, 11) is 0. The van der Waals surface area contributed by atoms with Crippen LogP contribution in [0.2, 0.25) is 0 Å². The van der Waals surface area contributed by atoms with Crippen LogP contribution in [0.5, 0.6) is 11.5 Å². The van der Waals surface area contributed by atoms with E-state index in [1.54, 1.807) is 0 Å². The van der Waals surface area contributed by atoms with Gasteiger partial charge in [-0.25, -0.2) is 0 Å². The molecule has 5 heteroatoms. The van der Waals surface area contributed by atoms with Crippen molar-refractivity contribution in [2.75, 3.05) is 0 Å². The highest BCUT2D eigenvalue weighted by atomic mass is 79.9. The van der Waals surface area contributed by atoms with E-state index in [0.29, 0.717) is 16.4 Å². The summed E-state index contributed by atoms with van der Waals surface area (Å²) in [6.45, 7) is 13.6. The van der Waals surface area contributed by atoms with Crippen LogP contribution < -0.4 is 4.74 Å². The lowest BCUT2D eigenvalue weighted by Gasteiger charge is -2.28. The molecule has 0 saturated carbocycles. The first-order valence-electron chi connectivity index (χ1n) is 9.23. The molecule has 3 nitrogen and oxygen atoms in total. The molecule has 28 heavy (non-hydrogen) atoms. The maximum Gasteiger partial charge on any atom is 0.308 e. The summed E-state index contributed by atoms with van der Waals surface area (Å²) in [6, 6.07) is 4.09. The number of rotatable bonds is 4. The van der Waals surface area contributed by atoms with Crippen molar-refractivity contribution in [3.8, 4) is 22.6 Å². The maximum atomic E-state index is 12.0. The SMILES string of the molecule is CC(=O)Oc1c(C(C)(C)C)cc(CBr)c(C)c1-c1c(C)c(CBr)cc(C)c1O. The van der Waals surface area contributed by atoms with E-state index in [1.807, 2.05) is 26.8 Å². The van der Waals surface area contributed by atoms with Gasteiger partial charge in [0.25, 0.3) is 0 Å². The molecule has 152 valence electrons. The molecular weight excluding hydrogens is 484 g/mol. The van der Waals surface area contributed by atoms with Crippen LogP contribution in [-0.2, 0) is 20.9 Å². The minimum absolute atomic E-state index is 0.227. The summed E-state index contributed by atoms with van der Waals surface area (Å²) in [4.78, 5) is 12.0. The fraction of sp³-hybridized carbons (Fsp3) is 0.435. The first kappa shape index (κ1) is 23.0. The van der Waals surface area contributed by atoms with Gasteiger partial charge >= 0.3 is 5.97 Å². The van der Waals surface area contributed by atoms with Gasteiger partial charge in [-0.3, -0.25) is 4.79 Å². The topological polar surface area (TPSA) is 46.5 Å². The molecular formula is C23H28Br2O3. The Morgan fingerprint density at radius 3 is 1.96 bits per heavy atom. The van der Waals surface area contributed by atoms with E-state index in [9.17, 15) is 9.90 Å². The minimum atomic E-state index is -0.372. The van der Waals surface area contributed by atoms with Crippen LogP contribution in [-0.4, -0.2) is 11.1 Å². The van der Waals surface area contributed by atoms with Crippen LogP contribution in [0.3, 0.4) is 0 Å². The van der Waals surface area contributed by atoms with Crippen molar-refractivity contribution in [2.24, 2.45) is 0 Å². The lowest BCUT2D eigenvalue weighted by molar-refractivity contribution is -0.131. The van der Waals surface area contributed by atoms with Crippen LogP contribution in [0.1, 0.15) is 61.1 Å². The highest BCUT2D eigenvalue weighted by Crippen LogP contribution is 2.48. The smallest absolute Gasteiger partial charge is 0.308 e. The van der Waals surface area contributed by atoms with Crippen molar-refractivity contribution in [1.82, 2.24) is 0 Å². The van der Waals surface area contributed by atoms with Gasteiger partial charge in [-0.2, -0.15) is 0 Å². The van der Waals surface area contributed by atoms with E-state index in [2.05, 4.69) is 58.7 Å². The molecule has 0 bridgehead atoms. The van der Waals surface area contributed by atoms with E-state index in [0.717, 1.165) is 44.5 Å². The second-order valence-corrected chi connectivity index (χ2v) is 9.35. The molecule has 0 unspecified atom stereocenters. The fourth-order valence-electron chi connectivity index (χ4n) is 3.48. The number of phenolic OH excluding ortho intramolecular Hbond substituents is 1. The van der Waals surface area contributed by atoms with Crippen LogP contribution in [0.25, 0.3) is 11.1 Å². The quantitative estimate of drug-likeness (QED) is 0.273. The number of hydrogen-bond donors (Lipinski definition) is 1. The Hall–Kier alpha value is -1.33. The molecule has 0 amide bonds. The van der Waals surface area contributed by atoms with Crippen molar-refractivity contribution >= 4 is 37.8 Å². The molecule has 2 aromatic carbocycles. The predicted octanol–water partition coefficient (Wildman–Crippen LogP) is 7.00. The number of alkyl halides is 2. The maximum absolute atomic E-state index is 12.0. The Morgan fingerprint density at radius 2 is 1.50 bits per heavy atom. The number of ether oxygens (including phenoxy) is 1. The number of carbonyl (C=O) groups excluding carboxylic acids is 1. The Labute approximate surface area is 184 Å². The summed E-state index contributed by atoms with van der Waals surface area (Å²) >= 11 is 7.14. The largest absolute Gasteiger partial charge is 0.507 e. The number of carbonyl (C=O) groups is 1. The number of aryl methyl sites for hydroxylation is 1. The van der Waals surface area contributed by atoms with Crippen LogP contribution >= 0.6 is 31.9 Å². The van der Waals surface area contributed by atoms with Gasteiger partial charge in [-0.1, -0.05) is 64.8 Å². The van der Waals surface area contributed by atoms with Crippen molar-refractivity contribution < 1.29 is 14.6 Å². The molecule has 1 N–H and O–H groups in total. The Morgan fingerprint density at radius 1 is 1.00 bits per heavy atom. The molecule has 2 rings (SSSR count). The van der Waals surface area contributed by atoms with E-state index >= 15 is 0 Å². The zero-order valence-electron chi connectivity index (χ0n) is 17.6. The normalized spacial score (nSPS) is 11.6. The number of halogens is 2. The van der Waals surface area contributed by atoms with Gasteiger partial charge in [0.2, 0.25) is 0 Å². The first-order chi connectivity index (χ1) is 12.9. The number of aromatic hydroxyl groups is 1. The average Bonchev–Trinajstić information content (AvgIpc) is 2.59. The third kappa shape index (κ3) is 4.30. The van der Waals surface area contributed by atoms with Crippen molar-refractivity contribution in [3.05, 3.63) is 45.5 Å². The predicted molar refractivity (Wildman–Crippen MR) is 123 cm³/mol. The molecule has 0 heterocycles. The highest BCUT2D eigenvalue weighted by molar-refractivity contribution is 9.08. The lowest BCUT2D eigenvalue weighted by Crippen LogP contribution is -2.17. The van der Waals surface area contributed by atoms with E-state index in [-0.39, 0.29) is 17.1 Å². The first-order valence-corrected chi connectivity index (χ1v) is 11.5.